The van der Waals surface area contributed by atoms with Gasteiger partial charge in [0.1, 0.15) is 12.1 Å². The maximum absolute atomic E-state index is 12.9. The number of aliphatic hydroxyl groups excluding tert-OH is 1. The molecule has 0 aromatic carbocycles. The van der Waals surface area contributed by atoms with E-state index in [4.69, 9.17) is 4.74 Å². The summed E-state index contributed by atoms with van der Waals surface area (Å²) in [6.45, 7) is 7.23. The Balaban J connectivity index is 4.56. The fourth-order valence-corrected chi connectivity index (χ4v) is 6.36. The molecule has 0 aliphatic carbocycles. The van der Waals surface area contributed by atoms with Gasteiger partial charge in [-0.05, 0) is 33.1 Å². The van der Waals surface area contributed by atoms with Crippen LogP contribution in [0.2, 0.25) is 0 Å². The second-order valence-electron chi connectivity index (χ2n) is 14.7. The van der Waals surface area contributed by atoms with Crippen molar-refractivity contribution in [1.82, 2.24) is 10.6 Å². The molecule has 0 heterocycles. The SMILES string of the molecule is CCCCCCCCCCCCCCCC(=O)OC(CCCCCCCCCCCCCCC)CC(=O)N[C@@H](C)C(=O)N[C@H](C(=O)O)C(C)O. The molecule has 4 N–H and O–H groups in total. The number of unbranched alkanes of at least 4 members (excludes halogenated alkanes) is 24. The molecule has 0 spiro atoms. The Morgan fingerprint density at radius 2 is 0.940 bits per heavy atom. The molecule has 0 saturated carbocycles. The zero-order valence-corrected chi connectivity index (χ0v) is 32.8. The summed E-state index contributed by atoms with van der Waals surface area (Å²) in [5.74, 6) is -2.79. The molecule has 4 atom stereocenters. The Hall–Kier alpha value is -2.16. The van der Waals surface area contributed by atoms with Gasteiger partial charge in [0.2, 0.25) is 11.8 Å². The first-order valence-corrected chi connectivity index (χ1v) is 20.8. The van der Waals surface area contributed by atoms with Crippen LogP contribution in [0.15, 0.2) is 0 Å². The Morgan fingerprint density at radius 3 is 1.32 bits per heavy atom. The zero-order valence-electron chi connectivity index (χ0n) is 32.8. The molecule has 0 fully saturated rings. The molecule has 2 amide bonds. The maximum atomic E-state index is 12.9. The predicted octanol–water partition coefficient (Wildman–Crippen LogP) is 9.71. The highest BCUT2D eigenvalue weighted by Crippen LogP contribution is 2.17. The van der Waals surface area contributed by atoms with Crippen LogP contribution in [0.25, 0.3) is 0 Å². The van der Waals surface area contributed by atoms with Gasteiger partial charge in [0.05, 0.1) is 12.5 Å². The van der Waals surface area contributed by atoms with E-state index in [1.54, 1.807) is 0 Å². The first-order valence-electron chi connectivity index (χ1n) is 20.8. The number of carbonyl (C=O) groups is 4. The number of carbonyl (C=O) groups excluding carboxylic acids is 3. The van der Waals surface area contributed by atoms with Crippen molar-refractivity contribution in [1.29, 1.82) is 0 Å². The molecule has 0 saturated heterocycles. The van der Waals surface area contributed by atoms with E-state index in [2.05, 4.69) is 24.5 Å². The monoisotopic (exact) mass is 711 g/mol. The summed E-state index contributed by atoms with van der Waals surface area (Å²) in [7, 11) is 0. The molecule has 0 aliphatic heterocycles. The smallest absolute Gasteiger partial charge is 0.328 e. The average Bonchev–Trinajstić information content (AvgIpc) is 3.07. The van der Waals surface area contributed by atoms with Crippen molar-refractivity contribution in [3.8, 4) is 0 Å². The van der Waals surface area contributed by atoms with Crippen LogP contribution >= 0.6 is 0 Å². The van der Waals surface area contributed by atoms with Crippen LogP contribution in [0.3, 0.4) is 0 Å². The quantitative estimate of drug-likeness (QED) is 0.0375. The minimum atomic E-state index is -1.48. The molecule has 2 unspecified atom stereocenters. The van der Waals surface area contributed by atoms with Crippen LogP contribution < -0.4 is 10.6 Å². The largest absolute Gasteiger partial charge is 0.480 e. The molecular weight excluding hydrogens is 632 g/mol. The minimum Gasteiger partial charge on any atom is -0.480 e. The lowest BCUT2D eigenvalue weighted by Crippen LogP contribution is -2.54. The molecule has 9 heteroatoms. The van der Waals surface area contributed by atoms with Crippen LogP contribution in [0.1, 0.15) is 214 Å². The minimum absolute atomic E-state index is 0.0566. The molecule has 0 radical (unpaired) electrons. The topological polar surface area (TPSA) is 142 Å². The Bertz CT molecular complexity index is 851. The number of esters is 1. The van der Waals surface area contributed by atoms with Crippen LogP contribution in [0, 0.1) is 0 Å². The maximum Gasteiger partial charge on any atom is 0.328 e. The van der Waals surface area contributed by atoms with Crippen LogP contribution in [0.4, 0.5) is 0 Å². The Kier molecular flexibility index (Phi) is 32.5. The van der Waals surface area contributed by atoms with Gasteiger partial charge < -0.3 is 25.6 Å². The van der Waals surface area contributed by atoms with Crippen molar-refractivity contribution in [3.63, 3.8) is 0 Å². The molecule has 9 nitrogen and oxygen atoms in total. The molecule has 0 rings (SSSR count). The van der Waals surface area contributed by atoms with E-state index in [-0.39, 0.29) is 12.4 Å². The number of carboxylic acids is 1. The van der Waals surface area contributed by atoms with E-state index in [9.17, 15) is 29.4 Å². The van der Waals surface area contributed by atoms with E-state index in [0.717, 1.165) is 38.5 Å². The van der Waals surface area contributed by atoms with Crippen molar-refractivity contribution >= 4 is 23.8 Å². The molecule has 0 bridgehead atoms. The van der Waals surface area contributed by atoms with E-state index in [1.807, 2.05) is 0 Å². The van der Waals surface area contributed by atoms with Crippen molar-refractivity contribution in [2.75, 3.05) is 0 Å². The van der Waals surface area contributed by atoms with Gasteiger partial charge in [-0.15, -0.1) is 0 Å². The number of hydrogen-bond donors (Lipinski definition) is 4. The number of carboxylic acid groups (broad SMARTS) is 1. The highest BCUT2D eigenvalue weighted by molar-refractivity contribution is 5.90. The lowest BCUT2D eigenvalue weighted by molar-refractivity contribution is -0.151. The number of aliphatic carboxylic acids is 1. The summed E-state index contributed by atoms with van der Waals surface area (Å²) in [4.78, 5) is 49.4. The average molecular weight is 711 g/mol. The van der Waals surface area contributed by atoms with E-state index >= 15 is 0 Å². The van der Waals surface area contributed by atoms with Gasteiger partial charge in [-0.1, -0.05) is 168 Å². The summed E-state index contributed by atoms with van der Waals surface area (Å²) in [6, 6.07) is -2.49. The van der Waals surface area contributed by atoms with Crippen LogP contribution in [0.5, 0.6) is 0 Å². The Labute approximate surface area is 306 Å². The van der Waals surface area contributed by atoms with Gasteiger partial charge in [-0.2, -0.15) is 0 Å². The molecule has 50 heavy (non-hydrogen) atoms. The number of rotatable bonds is 36. The van der Waals surface area contributed by atoms with Crippen LogP contribution in [-0.4, -0.2) is 58.3 Å². The first kappa shape index (κ1) is 47.8. The molecule has 0 aromatic rings. The molecule has 294 valence electrons. The summed E-state index contributed by atoms with van der Waals surface area (Å²) in [5, 5.41) is 23.7. The normalized spacial score (nSPS) is 13.7. The van der Waals surface area contributed by atoms with E-state index in [0.29, 0.717) is 12.8 Å². The fraction of sp³-hybridized carbons (Fsp3) is 0.902. The van der Waals surface area contributed by atoms with Gasteiger partial charge in [-0.3, -0.25) is 14.4 Å². The summed E-state index contributed by atoms with van der Waals surface area (Å²) < 4.78 is 5.79. The standard InChI is InChI=1S/C41H78N2O7/c1-5-7-9-11-13-15-17-19-21-23-25-27-29-31-36(33-37(45)42-34(3)40(47)43-39(35(4)44)41(48)49)50-38(46)32-30-28-26-24-22-20-18-16-14-12-10-8-6-2/h34-36,39,44H,5-33H2,1-4H3,(H,42,45)(H,43,47)(H,48,49)/t34-,35?,36?,39-/m0/s1. The molecule has 0 aliphatic rings. The number of aliphatic hydroxyl groups is 1. The van der Waals surface area contributed by atoms with Crippen LogP contribution in [-0.2, 0) is 23.9 Å². The third-order valence-electron chi connectivity index (χ3n) is 9.64. The van der Waals surface area contributed by atoms with Crippen molar-refractivity contribution in [2.24, 2.45) is 0 Å². The molecule has 0 aromatic heterocycles. The first-order chi connectivity index (χ1) is 24.1. The van der Waals surface area contributed by atoms with Crippen molar-refractivity contribution < 1.29 is 34.1 Å². The second kappa shape index (κ2) is 34.0. The highest BCUT2D eigenvalue weighted by atomic mass is 16.5. The lowest BCUT2D eigenvalue weighted by Gasteiger charge is -2.22. The second-order valence-corrected chi connectivity index (χ2v) is 14.7. The zero-order chi connectivity index (χ0) is 37.2. The van der Waals surface area contributed by atoms with E-state index in [1.165, 1.54) is 142 Å². The number of hydrogen-bond acceptors (Lipinski definition) is 6. The number of ether oxygens (including phenoxy) is 1. The number of nitrogens with one attached hydrogen (secondary N) is 2. The van der Waals surface area contributed by atoms with E-state index < -0.39 is 42.1 Å². The third kappa shape index (κ3) is 29.6. The third-order valence-corrected chi connectivity index (χ3v) is 9.64. The lowest BCUT2D eigenvalue weighted by atomic mass is 10.0. The van der Waals surface area contributed by atoms with Gasteiger partial charge in [0.25, 0.3) is 0 Å². The van der Waals surface area contributed by atoms with Gasteiger partial charge >= 0.3 is 11.9 Å². The summed E-state index contributed by atoms with van der Waals surface area (Å²) >= 11 is 0. The molecular formula is C41H78N2O7. The number of amides is 2. The van der Waals surface area contributed by atoms with Gasteiger partial charge in [0.15, 0.2) is 6.04 Å². The summed E-state index contributed by atoms with van der Waals surface area (Å²) in [6.07, 6.45) is 31.1. The summed E-state index contributed by atoms with van der Waals surface area (Å²) in [5.41, 5.74) is 0. The van der Waals surface area contributed by atoms with Gasteiger partial charge in [-0.25, -0.2) is 4.79 Å². The Morgan fingerprint density at radius 1 is 0.560 bits per heavy atom. The fourth-order valence-electron chi connectivity index (χ4n) is 6.36. The van der Waals surface area contributed by atoms with Gasteiger partial charge in [0, 0.05) is 6.42 Å². The highest BCUT2D eigenvalue weighted by Gasteiger charge is 2.28. The van der Waals surface area contributed by atoms with Crippen molar-refractivity contribution in [3.05, 3.63) is 0 Å². The van der Waals surface area contributed by atoms with Crippen molar-refractivity contribution in [2.45, 2.75) is 238 Å². The predicted molar refractivity (Wildman–Crippen MR) is 204 cm³/mol.